The molecule has 10 heteroatoms. The average Bonchev–Trinajstić information content (AvgIpc) is 2.84. The molecule has 0 radical (unpaired) electrons. The molecule has 216 valence electrons. The predicted octanol–water partition coefficient (Wildman–Crippen LogP) is 9.08. The number of benzene rings is 4. The number of anilines is 2. The molecule has 4 nitrogen and oxygen atoms in total. The summed E-state index contributed by atoms with van der Waals surface area (Å²) in [5, 5.41) is 0. The van der Waals surface area contributed by atoms with Gasteiger partial charge in [0.05, 0.1) is 11.4 Å². The van der Waals surface area contributed by atoms with Crippen LogP contribution in [0.3, 0.4) is 0 Å². The number of nitrogen functional groups attached to an aromatic ring is 2. The first-order chi connectivity index (χ1) is 19.1. The van der Waals surface area contributed by atoms with E-state index >= 15 is 0 Å². The van der Waals surface area contributed by atoms with Gasteiger partial charge in [-0.3, -0.25) is 0 Å². The average molecular weight is 575 g/mol. The summed E-state index contributed by atoms with van der Waals surface area (Å²) in [4.78, 5) is 0. The van der Waals surface area contributed by atoms with Gasteiger partial charge in [-0.2, -0.15) is 26.3 Å². The Hall–Kier alpha value is -4.34. The van der Waals surface area contributed by atoms with Crippen molar-refractivity contribution >= 4 is 11.4 Å². The Balaban J connectivity index is 1.92. The zero-order chi connectivity index (χ0) is 30.3. The smallest absolute Gasteiger partial charge is 0.411 e. The molecule has 0 fully saturated rings. The van der Waals surface area contributed by atoms with Gasteiger partial charge in [0, 0.05) is 0 Å². The van der Waals surface area contributed by atoms with E-state index in [0.717, 1.165) is 24.3 Å². The number of ether oxygens (including phenoxy) is 2. The first-order valence-electron chi connectivity index (χ1n) is 12.5. The summed E-state index contributed by atoms with van der Waals surface area (Å²) < 4.78 is 101. The molecule has 0 unspecified atom stereocenters. The predicted molar refractivity (Wildman–Crippen MR) is 147 cm³/mol. The van der Waals surface area contributed by atoms with Crippen molar-refractivity contribution in [1.82, 2.24) is 0 Å². The monoisotopic (exact) mass is 574 g/mol. The minimum absolute atomic E-state index is 0.0779. The number of hydrogen-bond acceptors (Lipinski definition) is 4. The zero-order valence-electron chi connectivity index (χ0n) is 22.7. The molecule has 0 aliphatic rings. The number of nitrogens with two attached hydrogens (primary N) is 2. The van der Waals surface area contributed by atoms with Gasteiger partial charge in [0.1, 0.15) is 23.0 Å². The maximum absolute atomic E-state index is 15.0. The third kappa shape index (κ3) is 5.26. The quantitative estimate of drug-likeness (QED) is 0.178. The van der Waals surface area contributed by atoms with Crippen LogP contribution in [0.4, 0.5) is 37.7 Å². The lowest BCUT2D eigenvalue weighted by atomic mass is 9.71. The first-order valence-corrected chi connectivity index (χ1v) is 12.5. The molecule has 4 aromatic rings. The molecular weight excluding hydrogens is 546 g/mol. The lowest BCUT2D eigenvalue weighted by molar-refractivity contribution is -0.288. The molecule has 0 atom stereocenters. The topological polar surface area (TPSA) is 70.5 Å². The van der Waals surface area contributed by atoms with E-state index in [1.54, 1.807) is 48.5 Å². The summed E-state index contributed by atoms with van der Waals surface area (Å²) in [6.45, 7) is 5.56. The standard InChI is InChI=1S/C31H28F6N2O2/c1-17-13-21(14-18(2)27(17)40-25-11-7-5-9-23(25)38)29(30(32,33)34,31(35,36)37)22-15-19(3)28(20(4)16-22)41-26-12-8-6-10-24(26)39/h5-16H,38-39H2,1-4H3. The molecule has 0 saturated heterocycles. The van der Waals surface area contributed by atoms with Crippen LogP contribution in [0.5, 0.6) is 23.0 Å². The Labute approximate surface area is 233 Å². The van der Waals surface area contributed by atoms with Crippen molar-refractivity contribution in [2.75, 3.05) is 11.5 Å². The molecule has 4 rings (SSSR count). The minimum atomic E-state index is -5.76. The Morgan fingerprint density at radius 3 is 1.07 bits per heavy atom. The molecule has 0 aromatic heterocycles. The van der Waals surface area contributed by atoms with E-state index in [9.17, 15) is 26.3 Å². The Morgan fingerprint density at radius 2 is 0.805 bits per heavy atom. The number of para-hydroxylation sites is 4. The molecule has 4 N–H and O–H groups in total. The van der Waals surface area contributed by atoms with Gasteiger partial charge in [-0.1, -0.05) is 48.5 Å². The zero-order valence-corrected chi connectivity index (χ0v) is 22.7. The van der Waals surface area contributed by atoms with Gasteiger partial charge in [-0.25, -0.2) is 0 Å². The van der Waals surface area contributed by atoms with Crippen LogP contribution in [0.15, 0.2) is 72.8 Å². The van der Waals surface area contributed by atoms with Crippen LogP contribution in [0.1, 0.15) is 33.4 Å². The van der Waals surface area contributed by atoms with Crippen molar-refractivity contribution in [3.8, 4) is 23.0 Å². The first kappa shape index (κ1) is 29.6. The van der Waals surface area contributed by atoms with E-state index in [2.05, 4.69) is 0 Å². The SMILES string of the molecule is Cc1cc(C(c2cc(C)c(Oc3ccccc3N)c(C)c2)(C(F)(F)F)C(F)(F)F)cc(C)c1Oc1ccccc1N. The van der Waals surface area contributed by atoms with Crippen LogP contribution >= 0.6 is 0 Å². The fourth-order valence-electron chi connectivity index (χ4n) is 5.00. The van der Waals surface area contributed by atoms with Crippen molar-refractivity contribution in [3.63, 3.8) is 0 Å². The molecule has 0 aliphatic heterocycles. The van der Waals surface area contributed by atoms with E-state index in [-0.39, 0.29) is 56.6 Å². The van der Waals surface area contributed by atoms with Crippen molar-refractivity contribution in [3.05, 3.63) is 106 Å². The highest BCUT2D eigenvalue weighted by molar-refractivity contribution is 5.59. The van der Waals surface area contributed by atoms with Gasteiger partial charge in [-0.15, -0.1) is 0 Å². The second-order valence-corrected chi connectivity index (χ2v) is 9.90. The molecule has 0 saturated carbocycles. The molecule has 0 bridgehead atoms. The van der Waals surface area contributed by atoms with E-state index in [1.807, 2.05) is 0 Å². The maximum Gasteiger partial charge on any atom is 0.411 e. The van der Waals surface area contributed by atoms with Crippen LogP contribution in [0, 0.1) is 27.7 Å². The molecule has 4 aromatic carbocycles. The van der Waals surface area contributed by atoms with Crippen LogP contribution < -0.4 is 20.9 Å². The molecule has 41 heavy (non-hydrogen) atoms. The fraction of sp³-hybridized carbons (Fsp3) is 0.226. The Morgan fingerprint density at radius 1 is 0.512 bits per heavy atom. The number of rotatable bonds is 6. The number of aryl methyl sites for hydroxylation is 4. The number of halogens is 6. The van der Waals surface area contributed by atoms with Crippen molar-refractivity contribution in [2.24, 2.45) is 0 Å². The number of hydrogen-bond donors (Lipinski definition) is 2. The highest BCUT2D eigenvalue weighted by Gasteiger charge is 2.72. The highest BCUT2D eigenvalue weighted by Crippen LogP contribution is 2.57. The fourth-order valence-corrected chi connectivity index (χ4v) is 5.00. The van der Waals surface area contributed by atoms with Gasteiger partial charge >= 0.3 is 12.4 Å². The van der Waals surface area contributed by atoms with E-state index < -0.39 is 28.9 Å². The second kappa shape index (κ2) is 10.6. The number of alkyl halides is 6. The summed E-state index contributed by atoms with van der Waals surface area (Å²) in [5.74, 6) is 0.679. The summed E-state index contributed by atoms with van der Waals surface area (Å²) in [6, 6.07) is 16.3. The lowest BCUT2D eigenvalue weighted by Gasteiger charge is -2.39. The third-order valence-corrected chi connectivity index (χ3v) is 6.90. The molecule has 0 aliphatic carbocycles. The Kier molecular flexibility index (Phi) is 7.64. The van der Waals surface area contributed by atoms with E-state index in [0.29, 0.717) is 0 Å². The second-order valence-electron chi connectivity index (χ2n) is 9.90. The van der Waals surface area contributed by atoms with Gasteiger partial charge in [0.2, 0.25) is 5.41 Å². The van der Waals surface area contributed by atoms with E-state index in [1.165, 1.54) is 27.7 Å². The molecule has 0 spiro atoms. The maximum atomic E-state index is 15.0. The van der Waals surface area contributed by atoms with Crippen LogP contribution in [-0.4, -0.2) is 12.4 Å². The van der Waals surface area contributed by atoms with Crippen molar-refractivity contribution in [1.29, 1.82) is 0 Å². The third-order valence-electron chi connectivity index (χ3n) is 6.90. The van der Waals surface area contributed by atoms with Crippen LogP contribution in [-0.2, 0) is 5.41 Å². The lowest BCUT2D eigenvalue weighted by Crippen LogP contribution is -2.55. The summed E-state index contributed by atoms with van der Waals surface area (Å²) >= 11 is 0. The van der Waals surface area contributed by atoms with Gasteiger partial charge < -0.3 is 20.9 Å². The van der Waals surface area contributed by atoms with Crippen molar-refractivity contribution in [2.45, 2.75) is 45.5 Å². The highest BCUT2D eigenvalue weighted by atomic mass is 19.4. The van der Waals surface area contributed by atoms with Crippen molar-refractivity contribution < 1.29 is 35.8 Å². The molecule has 0 heterocycles. The van der Waals surface area contributed by atoms with Gasteiger partial charge in [0.15, 0.2) is 0 Å². The Bertz CT molecular complexity index is 1430. The summed E-state index contributed by atoms with van der Waals surface area (Å²) in [6.07, 6.45) is -11.5. The van der Waals surface area contributed by atoms with Gasteiger partial charge in [0.25, 0.3) is 0 Å². The molecular formula is C31H28F6N2O2. The minimum Gasteiger partial charge on any atom is -0.455 e. The normalized spacial score (nSPS) is 12.3. The van der Waals surface area contributed by atoms with Crippen LogP contribution in [0.2, 0.25) is 0 Å². The van der Waals surface area contributed by atoms with E-state index in [4.69, 9.17) is 20.9 Å². The summed E-state index contributed by atoms with van der Waals surface area (Å²) in [7, 11) is 0. The largest absolute Gasteiger partial charge is 0.455 e. The summed E-state index contributed by atoms with van der Waals surface area (Å²) in [5.41, 5.74) is 6.35. The van der Waals surface area contributed by atoms with Crippen LogP contribution in [0.25, 0.3) is 0 Å². The van der Waals surface area contributed by atoms with Gasteiger partial charge in [-0.05, 0) is 85.3 Å². The molecule has 0 amide bonds.